The number of nitrogens with zero attached hydrogens (tertiary/aromatic N) is 2. The second-order valence-electron chi connectivity index (χ2n) is 6.43. The molecule has 1 aromatic heterocycles. The van der Waals surface area contributed by atoms with E-state index in [0.29, 0.717) is 23.7 Å². The van der Waals surface area contributed by atoms with Crippen LogP contribution in [0.3, 0.4) is 0 Å². The number of aryl methyl sites for hydroxylation is 3. The molecule has 0 spiro atoms. The Labute approximate surface area is 174 Å². The van der Waals surface area contributed by atoms with Crippen LogP contribution in [0.2, 0.25) is 0 Å². The Morgan fingerprint density at radius 3 is 2.69 bits per heavy atom. The van der Waals surface area contributed by atoms with Crippen molar-refractivity contribution in [2.45, 2.75) is 27.7 Å². The van der Waals surface area contributed by atoms with Gasteiger partial charge in [0.15, 0.2) is 11.5 Å². The molecule has 0 bridgehead atoms. The number of thiazole rings is 1. The first kappa shape index (κ1) is 20.5. The van der Waals surface area contributed by atoms with E-state index in [0.717, 1.165) is 26.8 Å². The van der Waals surface area contributed by atoms with Crippen molar-refractivity contribution in [3.63, 3.8) is 0 Å². The number of esters is 1. The number of hydrogen-bond donors (Lipinski definition) is 1. The Hall–Kier alpha value is -3.19. The van der Waals surface area contributed by atoms with E-state index >= 15 is 0 Å². The molecule has 0 unspecified atom stereocenters. The van der Waals surface area contributed by atoms with Gasteiger partial charge >= 0.3 is 5.97 Å². The van der Waals surface area contributed by atoms with E-state index in [1.165, 1.54) is 0 Å². The highest BCUT2D eigenvalue weighted by Crippen LogP contribution is 2.29. The second kappa shape index (κ2) is 9.34. The van der Waals surface area contributed by atoms with Gasteiger partial charge in [-0.25, -0.2) is 9.78 Å². The molecule has 0 aliphatic rings. The molecule has 0 saturated heterocycles. The number of carbonyl (C=O) groups excluding carboxylic acids is 1. The molecule has 0 radical (unpaired) electrons. The summed E-state index contributed by atoms with van der Waals surface area (Å²) in [4.78, 5) is 18.0. The third-order valence-electron chi connectivity index (χ3n) is 4.13. The summed E-state index contributed by atoms with van der Waals surface area (Å²) >= 11 is 1.55. The fraction of sp³-hybridized carbons (Fsp3) is 0.227. The lowest BCUT2D eigenvalue weighted by molar-refractivity contribution is 0.0728. The number of benzene rings is 2. The molecule has 150 valence electrons. The molecular formula is C22H23N3O3S. The van der Waals surface area contributed by atoms with Crippen LogP contribution in [0, 0.1) is 20.8 Å². The van der Waals surface area contributed by atoms with Gasteiger partial charge in [-0.3, -0.25) is 5.43 Å². The summed E-state index contributed by atoms with van der Waals surface area (Å²) < 4.78 is 11.2. The summed E-state index contributed by atoms with van der Waals surface area (Å²) in [7, 11) is 0. The quantitative estimate of drug-likeness (QED) is 0.253. The average molecular weight is 410 g/mol. The zero-order valence-electron chi connectivity index (χ0n) is 16.9. The van der Waals surface area contributed by atoms with Crippen molar-refractivity contribution >= 4 is 28.7 Å². The Kier molecular flexibility index (Phi) is 6.61. The van der Waals surface area contributed by atoms with Gasteiger partial charge in [0, 0.05) is 4.88 Å². The molecule has 2 aromatic carbocycles. The van der Waals surface area contributed by atoms with Crippen LogP contribution in [0.1, 0.15) is 39.0 Å². The number of anilines is 1. The van der Waals surface area contributed by atoms with Crippen molar-refractivity contribution in [2.75, 3.05) is 12.0 Å². The van der Waals surface area contributed by atoms with E-state index in [1.54, 1.807) is 41.8 Å². The number of ether oxygens (including phenoxy) is 2. The Morgan fingerprint density at radius 1 is 1.17 bits per heavy atom. The summed E-state index contributed by atoms with van der Waals surface area (Å²) in [5.41, 5.74) is 6.22. The van der Waals surface area contributed by atoms with E-state index < -0.39 is 5.97 Å². The molecule has 0 saturated carbocycles. The van der Waals surface area contributed by atoms with Crippen molar-refractivity contribution < 1.29 is 14.3 Å². The predicted molar refractivity (Wildman–Crippen MR) is 117 cm³/mol. The zero-order chi connectivity index (χ0) is 20.8. The van der Waals surface area contributed by atoms with Crippen molar-refractivity contribution in [3.8, 4) is 11.5 Å². The van der Waals surface area contributed by atoms with Gasteiger partial charge in [0.2, 0.25) is 5.13 Å². The number of aromatic nitrogens is 1. The number of hydrazone groups is 1. The molecule has 0 atom stereocenters. The molecule has 1 N–H and O–H groups in total. The smallest absolute Gasteiger partial charge is 0.343 e. The first-order valence-electron chi connectivity index (χ1n) is 9.25. The minimum absolute atomic E-state index is 0.370. The normalized spacial score (nSPS) is 10.9. The molecular weight excluding hydrogens is 386 g/mol. The molecule has 0 fully saturated rings. The Bertz CT molecular complexity index is 1020. The van der Waals surface area contributed by atoms with Gasteiger partial charge in [0.05, 0.1) is 24.1 Å². The first-order chi connectivity index (χ1) is 14.0. The Balaban J connectivity index is 1.74. The molecule has 3 rings (SSSR count). The number of rotatable bonds is 7. The van der Waals surface area contributed by atoms with Gasteiger partial charge in [-0.05, 0) is 63.6 Å². The summed E-state index contributed by atoms with van der Waals surface area (Å²) in [6.07, 6.45) is 1.67. The standard InChI is InChI=1S/C22H23N3O3S/c1-5-27-20-12-17(13-23-25-22-24-15(3)16(4)29-22)9-10-19(20)28-21(26)18-8-6-7-14(2)11-18/h6-13H,5H2,1-4H3,(H,24,25)/b23-13-. The van der Waals surface area contributed by atoms with E-state index in [4.69, 9.17) is 9.47 Å². The van der Waals surface area contributed by atoms with Crippen LogP contribution in [-0.4, -0.2) is 23.8 Å². The van der Waals surface area contributed by atoms with E-state index in [9.17, 15) is 4.79 Å². The van der Waals surface area contributed by atoms with E-state index in [-0.39, 0.29) is 0 Å². The fourth-order valence-corrected chi connectivity index (χ4v) is 3.34. The lowest BCUT2D eigenvalue weighted by Gasteiger charge is -2.11. The zero-order valence-corrected chi connectivity index (χ0v) is 17.7. The highest BCUT2D eigenvalue weighted by Gasteiger charge is 2.13. The van der Waals surface area contributed by atoms with Crippen LogP contribution in [0.15, 0.2) is 47.6 Å². The lowest BCUT2D eigenvalue weighted by Crippen LogP contribution is -2.10. The van der Waals surface area contributed by atoms with Gasteiger partial charge in [0.25, 0.3) is 0 Å². The molecule has 0 aliphatic carbocycles. The average Bonchev–Trinajstić information content (AvgIpc) is 3.01. The molecule has 3 aromatic rings. The first-order valence-corrected chi connectivity index (χ1v) is 10.1. The van der Waals surface area contributed by atoms with Gasteiger partial charge in [0.1, 0.15) is 0 Å². The third-order valence-corrected chi connectivity index (χ3v) is 5.10. The molecule has 7 heteroatoms. The molecule has 1 heterocycles. The SMILES string of the molecule is CCOc1cc(/C=N\Nc2nc(C)c(C)s2)ccc1OC(=O)c1cccc(C)c1. The van der Waals surface area contributed by atoms with Crippen LogP contribution >= 0.6 is 11.3 Å². The monoisotopic (exact) mass is 409 g/mol. The minimum atomic E-state index is -0.424. The van der Waals surface area contributed by atoms with Crippen LogP contribution in [0.4, 0.5) is 5.13 Å². The highest BCUT2D eigenvalue weighted by molar-refractivity contribution is 7.15. The molecule has 0 aliphatic heterocycles. The van der Waals surface area contributed by atoms with Crippen molar-refractivity contribution in [2.24, 2.45) is 5.10 Å². The third kappa shape index (κ3) is 5.42. The number of nitrogens with one attached hydrogen (secondary N) is 1. The maximum atomic E-state index is 12.4. The topological polar surface area (TPSA) is 72.8 Å². The maximum Gasteiger partial charge on any atom is 0.343 e. The van der Waals surface area contributed by atoms with Gasteiger partial charge in [-0.2, -0.15) is 5.10 Å². The van der Waals surface area contributed by atoms with Crippen molar-refractivity contribution in [3.05, 3.63) is 69.7 Å². The van der Waals surface area contributed by atoms with Crippen LogP contribution in [0.25, 0.3) is 0 Å². The molecule has 0 amide bonds. The predicted octanol–water partition coefficient (Wildman–Crippen LogP) is 5.13. The van der Waals surface area contributed by atoms with Crippen LogP contribution in [-0.2, 0) is 0 Å². The largest absolute Gasteiger partial charge is 0.490 e. The number of hydrogen-bond acceptors (Lipinski definition) is 7. The maximum absolute atomic E-state index is 12.4. The Morgan fingerprint density at radius 2 is 2.00 bits per heavy atom. The summed E-state index contributed by atoms with van der Waals surface area (Å²) in [5, 5.41) is 4.97. The molecule has 29 heavy (non-hydrogen) atoms. The summed E-state index contributed by atoms with van der Waals surface area (Å²) in [6, 6.07) is 12.6. The molecule has 6 nitrogen and oxygen atoms in total. The van der Waals surface area contributed by atoms with E-state index in [1.807, 2.05) is 45.9 Å². The van der Waals surface area contributed by atoms with Crippen LogP contribution < -0.4 is 14.9 Å². The van der Waals surface area contributed by atoms with Crippen molar-refractivity contribution in [1.82, 2.24) is 4.98 Å². The highest BCUT2D eigenvalue weighted by atomic mass is 32.1. The van der Waals surface area contributed by atoms with Gasteiger partial charge in [-0.15, -0.1) is 11.3 Å². The van der Waals surface area contributed by atoms with Crippen LogP contribution in [0.5, 0.6) is 11.5 Å². The summed E-state index contributed by atoms with van der Waals surface area (Å²) in [5.74, 6) is 0.431. The fourth-order valence-electron chi connectivity index (χ4n) is 2.57. The summed E-state index contributed by atoms with van der Waals surface area (Å²) in [6.45, 7) is 8.24. The van der Waals surface area contributed by atoms with E-state index in [2.05, 4.69) is 15.5 Å². The van der Waals surface area contributed by atoms with Crippen molar-refractivity contribution in [1.29, 1.82) is 0 Å². The minimum Gasteiger partial charge on any atom is -0.490 e. The van der Waals surface area contributed by atoms with Gasteiger partial charge < -0.3 is 9.47 Å². The second-order valence-corrected chi connectivity index (χ2v) is 7.63. The lowest BCUT2D eigenvalue weighted by atomic mass is 10.1. The number of carbonyl (C=O) groups is 1. The van der Waals surface area contributed by atoms with Gasteiger partial charge in [-0.1, -0.05) is 17.7 Å².